The van der Waals surface area contributed by atoms with Crippen LogP contribution in [-0.4, -0.2) is 21.2 Å². The van der Waals surface area contributed by atoms with Gasteiger partial charge in [0.25, 0.3) is 0 Å². The summed E-state index contributed by atoms with van der Waals surface area (Å²) in [6.07, 6.45) is 0. The lowest BCUT2D eigenvalue weighted by Gasteiger charge is -2.01. The SMILES string of the molecule is C[Si](C)(C)C.C[Si](C)(C)O. The number of hydrogen-bond acceptors (Lipinski definition) is 1. The Kier molecular flexibility index (Phi) is 5.61. The standard InChI is InChI=1S/C4H12Si.C3H10OSi/c2*1-5(2,3)4/h1-4H3;4H,1-3H3. The molecule has 0 aromatic rings. The first kappa shape index (κ1) is 13.0. The molecule has 1 N–H and O–H groups in total. The van der Waals surface area contributed by atoms with Gasteiger partial charge in [-0.2, -0.15) is 0 Å². The summed E-state index contributed by atoms with van der Waals surface area (Å²) < 4.78 is 0. The van der Waals surface area contributed by atoms with Crippen molar-refractivity contribution in [1.82, 2.24) is 0 Å². The molecule has 0 amide bonds. The van der Waals surface area contributed by atoms with E-state index in [1.165, 1.54) is 0 Å². The molecule has 0 saturated heterocycles. The lowest BCUT2D eigenvalue weighted by Crippen LogP contribution is -2.17. The Morgan fingerprint density at radius 1 is 0.700 bits per heavy atom. The van der Waals surface area contributed by atoms with Crippen molar-refractivity contribution in [2.45, 2.75) is 45.8 Å². The average Bonchev–Trinajstić information content (AvgIpc) is 1.12. The molecule has 0 radical (unpaired) electrons. The van der Waals surface area contributed by atoms with E-state index in [9.17, 15) is 0 Å². The zero-order valence-corrected chi connectivity index (χ0v) is 10.4. The molecule has 0 atom stereocenters. The van der Waals surface area contributed by atoms with Crippen LogP contribution in [0.2, 0.25) is 45.8 Å². The second-order valence-electron chi connectivity index (χ2n) is 5.17. The third kappa shape index (κ3) is 2960. The van der Waals surface area contributed by atoms with Crippen LogP contribution in [0, 0.1) is 0 Å². The molecule has 0 aromatic carbocycles. The maximum atomic E-state index is 8.66. The van der Waals surface area contributed by atoms with E-state index in [0.717, 1.165) is 0 Å². The lowest BCUT2D eigenvalue weighted by atomic mass is 11.8. The van der Waals surface area contributed by atoms with E-state index in [-0.39, 0.29) is 0 Å². The fraction of sp³-hybridized carbons (Fsp3) is 1.00. The molecule has 0 aliphatic carbocycles. The van der Waals surface area contributed by atoms with E-state index in [2.05, 4.69) is 26.2 Å². The first-order chi connectivity index (χ1) is 4.00. The monoisotopic (exact) mass is 178 g/mol. The first-order valence-corrected chi connectivity index (χ1v) is 11.2. The molecule has 0 bridgehead atoms. The molecule has 0 aliphatic rings. The van der Waals surface area contributed by atoms with Crippen LogP contribution in [0.1, 0.15) is 0 Å². The van der Waals surface area contributed by atoms with Gasteiger partial charge in [-0.25, -0.2) is 0 Å². The highest BCUT2D eigenvalue weighted by atomic mass is 28.4. The molecular formula is C7H22OSi2. The zero-order valence-electron chi connectivity index (χ0n) is 8.45. The van der Waals surface area contributed by atoms with Gasteiger partial charge in [-0.15, -0.1) is 0 Å². The highest BCUT2D eigenvalue weighted by molar-refractivity contribution is 6.74. The minimum Gasteiger partial charge on any atom is -0.433 e. The van der Waals surface area contributed by atoms with Crippen molar-refractivity contribution >= 4 is 16.4 Å². The topological polar surface area (TPSA) is 20.2 Å². The number of hydrogen-bond donors (Lipinski definition) is 1. The maximum absolute atomic E-state index is 8.66. The summed E-state index contributed by atoms with van der Waals surface area (Å²) in [7, 11) is -2.22. The summed E-state index contributed by atoms with van der Waals surface area (Å²) in [6.45, 7) is 15.0. The molecular weight excluding hydrogens is 156 g/mol. The highest BCUT2D eigenvalue weighted by Crippen LogP contribution is 1.94. The van der Waals surface area contributed by atoms with Crippen LogP contribution >= 0.6 is 0 Å². The summed E-state index contributed by atoms with van der Waals surface area (Å²) in [5.74, 6) is 0. The average molecular weight is 178 g/mol. The quantitative estimate of drug-likeness (QED) is 0.566. The van der Waals surface area contributed by atoms with Gasteiger partial charge in [0.05, 0.1) is 0 Å². The van der Waals surface area contributed by atoms with Crippen LogP contribution in [0.15, 0.2) is 0 Å². The van der Waals surface area contributed by atoms with Crippen LogP contribution < -0.4 is 0 Å². The Balaban J connectivity index is 0. The second-order valence-corrected chi connectivity index (χ2v) is 15.5. The summed E-state index contributed by atoms with van der Waals surface area (Å²) in [5, 5.41) is 0. The van der Waals surface area contributed by atoms with Gasteiger partial charge in [0.15, 0.2) is 8.32 Å². The molecule has 0 heterocycles. The predicted octanol–water partition coefficient (Wildman–Crippen LogP) is 2.77. The summed E-state index contributed by atoms with van der Waals surface area (Å²) >= 11 is 0. The highest BCUT2D eigenvalue weighted by Gasteiger charge is 2.03. The van der Waals surface area contributed by atoms with Crippen molar-refractivity contribution in [1.29, 1.82) is 0 Å². The van der Waals surface area contributed by atoms with E-state index < -0.39 is 16.4 Å². The third-order valence-corrected chi connectivity index (χ3v) is 0. The van der Waals surface area contributed by atoms with Crippen LogP contribution in [0.25, 0.3) is 0 Å². The smallest absolute Gasteiger partial charge is 0.179 e. The van der Waals surface area contributed by atoms with E-state index in [0.29, 0.717) is 0 Å². The van der Waals surface area contributed by atoms with Gasteiger partial charge >= 0.3 is 0 Å². The Labute approximate surface area is 67.6 Å². The number of rotatable bonds is 0. The van der Waals surface area contributed by atoms with Gasteiger partial charge in [-0.1, -0.05) is 26.2 Å². The first-order valence-electron chi connectivity index (χ1n) is 3.72. The van der Waals surface area contributed by atoms with Crippen molar-refractivity contribution in [3.63, 3.8) is 0 Å². The molecule has 0 aromatic heterocycles. The van der Waals surface area contributed by atoms with Crippen LogP contribution in [0.3, 0.4) is 0 Å². The molecule has 0 fully saturated rings. The molecule has 0 aliphatic heterocycles. The summed E-state index contributed by atoms with van der Waals surface area (Å²) in [5.41, 5.74) is 0. The fourth-order valence-corrected chi connectivity index (χ4v) is 0. The second kappa shape index (κ2) is 4.31. The minimum atomic E-state index is -1.61. The van der Waals surface area contributed by atoms with Gasteiger partial charge in [-0.3, -0.25) is 0 Å². The lowest BCUT2D eigenvalue weighted by molar-refractivity contribution is 0.561. The molecule has 0 rings (SSSR count). The zero-order chi connectivity index (χ0) is 9.00. The Bertz CT molecular complexity index is 54.6. The molecule has 3 heteroatoms. The maximum Gasteiger partial charge on any atom is 0.179 e. The van der Waals surface area contributed by atoms with Gasteiger partial charge < -0.3 is 4.80 Å². The molecule has 0 unspecified atom stereocenters. The Hall–Kier alpha value is 0.394. The molecule has 10 heavy (non-hydrogen) atoms. The van der Waals surface area contributed by atoms with Crippen LogP contribution in [-0.2, 0) is 0 Å². The Morgan fingerprint density at radius 3 is 0.700 bits per heavy atom. The van der Waals surface area contributed by atoms with Crippen molar-refractivity contribution in [3.8, 4) is 0 Å². The molecule has 0 saturated carbocycles. The van der Waals surface area contributed by atoms with Crippen molar-refractivity contribution in [3.05, 3.63) is 0 Å². The van der Waals surface area contributed by atoms with Crippen LogP contribution in [0.4, 0.5) is 0 Å². The van der Waals surface area contributed by atoms with E-state index in [4.69, 9.17) is 4.80 Å². The largest absolute Gasteiger partial charge is 0.433 e. The molecule has 0 spiro atoms. The third-order valence-electron chi connectivity index (χ3n) is 0. The van der Waals surface area contributed by atoms with Crippen molar-refractivity contribution in [2.24, 2.45) is 0 Å². The van der Waals surface area contributed by atoms with Crippen LogP contribution in [0.5, 0.6) is 0 Å². The normalized spacial score (nSPS) is 12.0. The minimum absolute atomic E-state index is 0.611. The van der Waals surface area contributed by atoms with Crippen molar-refractivity contribution < 1.29 is 4.80 Å². The van der Waals surface area contributed by atoms with Crippen molar-refractivity contribution in [2.75, 3.05) is 0 Å². The Morgan fingerprint density at radius 2 is 0.700 bits per heavy atom. The van der Waals surface area contributed by atoms with E-state index >= 15 is 0 Å². The van der Waals surface area contributed by atoms with Gasteiger partial charge in [0.2, 0.25) is 0 Å². The van der Waals surface area contributed by atoms with E-state index in [1.54, 1.807) is 0 Å². The van der Waals surface area contributed by atoms with Gasteiger partial charge in [-0.05, 0) is 19.6 Å². The summed E-state index contributed by atoms with van der Waals surface area (Å²) in [4.78, 5) is 8.66. The van der Waals surface area contributed by atoms with Gasteiger partial charge in [0, 0.05) is 8.07 Å². The fourth-order valence-electron chi connectivity index (χ4n) is 0. The predicted molar refractivity (Wildman–Crippen MR) is 54.8 cm³/mol. The molecule has 64 valence electrons. The summed E-state index contributed by atoms with van der Waals surface area (Å²) in [6, 6.07) is 0. The van der Waals surface area contributed by atoms with Gasteiger partial charge in [0.1, 0.15) is 0 Å². The molecule has 1 nitrogen and oxygen atoms in total. The van der Waals surface area contributed by atoms with E-state index in [1.807, 2.05) is 19.6 Å².